The number of halogens is 6. The molecule has 0 rings (SSSR count). The van der Waals surface area contributed by atoms with Gasteiger partial charge in [0.15, 0.2) is 13.2 Å². The highest BCUT2D eigenvalue weighted by molar-refractivity contribution is 7.48. The average molecular weight is 316 g/mol. The minimum atomic E-state index is -4.93. The first-order chi connectivity index (χ1) is 8.47. The Morgan fingerprint density at radius 3 is 1.68 bits per heavy atom. The fourth-order valence-electron chi connectivity index (χ4n) is 0.647. The van der Waals surface area contributed by atoms with Gasteiger partial charge in [-0.25, -0.2) is 4.57 Å². The van der Waals surface area contributed by atoms with Crippen LogP contribution >= 0.6 is 7.82 Å². The number of rotatable bonds is 7. The molecule has 0 aromatic rings. The summed E-state index contributed by atoms with van der Waals surface area (Å²) in [6.07, 6.45) is -7.15. The van der Waals surface area contributed by atoms with Gasteiger partial charge in [-0.1, -0.05) is 12.2 Å². The summed E-state index contributed by atoms with van der Waals surface area (Å²) in [5.74, 6) is 0. The van der Waals surface area contributed by atoms with Crippen molar-refractivity contribution in [1.29, 1.82) is 0 Å². The number of phosphoric ester groups is 1. The van der Waals surface area contributed by atoms with Gasteiger partial charge in [0.25, 0.3) is 0 Å². The van der Waals surface area contributed by atoms with Crippen LogP contribution in [0.3, 0.4) is 0 Å². The van der Waals surface area contributed by atoms with Crippen molar-refractivity contribution < 1.29 is 44.5 Å². The van der Waals surface area contributed by atoms with Gasteiger partial charge in [-0.2, -0.15) is 26.3 Å². The van der Waals surface area contributed by atoms with Crippen molar-refractivity contribution in [2.45, 2.75) is 19.3 Å². The van der Waals surface area contributed by atoms with Crippen molar-refractivity contribution in [1.82, 2.24) is 0 Å². The Labute approximate surface area is 104 Å². The summed E-state index contributed by atoms with van der Waals surface area (Å²) in [6, 6.07) is 0. The van der Waals surface area contributed by atoms with E-state index < -0.39 is 40.0 Å². The third kappa shape index (κ3) is 11.0. The first kappa shape index (κ1) is 18.4. The zero-order chi connectivity index (χ0) is 15.2. The molecule has 0 N–H and O–H groups in total. The van der Waals surface area contributed by atoms with Crippen LogP contribution < -0.4 is 0 Å². The standard InChI is InChI=1S/C8H11F6O4P/c1-2-3-4-16-19(15,17-5-7(9,10)11)18-6-8(12,13)14/h2-3H,4-6H2,1H3/b3-2+. The maximum absolute atomic E-state index is 11.9. The summed E-state index contributed by atoms with van der Waals surface area (Å²) in [5, 5.41) is 0. The van der Waals surface area contributed by atoms with Crippen molar-refractivity contribution in [2.24, 2.45) is 0 Å². The Hall–Kier alpha value is -0.570. The van der Waals surface area contributed by atoms with Crippen molar-refractivity contribution in [3.05, 3.63) is 12.2 Å². The highest BCUT2D eigenvalue weighted by Gasteiger charge is 2.39. The van der Waals surface area contributed by atoms with E-state index in [1.165, 1.54) is 19.1 Å². The van der Waals surface area contributed by atoms with Crippen LogP contribution in [0.5, 0.6) is 0 Å². The molecule has 0 aromatic carbocycles. The Bertz CT molecular complexity index is 315. The predicted octanol–water partition coefficient (Wildman–Crippen LogP) is 3.85. The second kappa shape index (κ2) is 7.28. The van der Waals surface area contributed by atoms with Crippen molar-refractivity contribution in [2.75, 3.05) is 19.8 Å². The molecule has 0 aliphatic carbocycles. The third-order valence-corrected chi connectivity index (χ3v) is 2.69. The third-order valence-electron chi connectivity index (χ3n) is 1.34. The lowest BCUT2D eigenvalue weighted by atomic mass is 10.6. The van der Waals surface area contributed by atoms with Gasteiger partial charge in [0.05, 0.1) is 6.61 Å². The van der Waals surface area contributed by atoms with Crippen LogP contribution in [0.15, 0.2) is 12.2 Å². The summed E-state index contributed by atoms with van der Waals surface area (Å²) in [5.41, 5.74) is 0. The quantitative estimate of drug-likeness (QED) is 0.407. The molecule has 0 radical (unpaired) electrons. The SMILES string of the molecule is C/C=C/COP(=O)(OCC(F)(F)F)OCC(F)(F)F. The lowest BCUT2D eigenvalue weighted by Gasteiger charge is -2.18. The van der Waals surface area contributed by atoms with E-state index in [0.29, 0.717) is 0 Å². The van der Waals surface area contributed by atoms with E-state index in [4.69, 9.17) is 0 Å². The molecule has 0 aromatic heterocycles. The summed E-state index contributed by atoms with van der Waals surface area (Å²) in [6.45, 7) is -3.08. The van der Waals surface area contributed by atoms with Gasteiger partial charge in [0, 0.05) is 0 Å². The van der Waals surface area contributed by atoms with Crippen LogP contribution in [0, 0.1) is 0 Å². The van der Waals surface area contributed by atoms with Crippen LogP contribution in [0.4, 0.5) is 26.3 Å². The average Bonchev–Trinajstić information content (AvgIpc) is 2.23. The van der Waals surface area contributed by atoms with E-state index in [1.54, 1.807) is 0 Å². The van der Waals surface area contributed by atoms with Crippen molar-refractivity contribution >= 4 is 7.82 Å². The second-order valence-corrected chi connectivity index (χ2v) is 4.76. The summed E-state index contributed by atoms with van der Waals surface area (Å²) >= 11 is 0. The molecular weight excluding hydrogens is 305 g/mol. The molecule has 19 heavy (non-hydrogen) atoms. The van der Waals surface area contributed by atoms with Crippen molar-refractivity contribution in [3.63, 3.8) is 0 Å². The van der Waals surface area contributed by atoms with E-state index in [1.807, 2.05) is 0 Å². The molecule has 0 fully saturated rings. The van der Waals surface area contributed by atoms with Crippen LogP contribution in [0.1, 0.15) is 6.92 Å². The first-order valence-corrected chi connectivity index (χ1v) is 6.22. The molecule has 114 valence electrons. The van der Waals surface area contributed by atoms with Crippen LogP contribution in [0.25, 0.3) is 0 Å². The molecule has 0 spiro atoms. The highest BCUT2D eigenvalue weighted by atomic mass is 31.2. The molecule has 0 bridgehead atoms. The number of phosphoric acid groups is 1. The largest absolute Gasteiger partial charge is 0.475 e. The van der Waals surface area contributed by atoms with Crippen molar-refractivity contribution in [3.8, 4) is 0 Å². The molecule has 0 heterocycles. The zero-order valence-electron chi connectivity index (χ0n) is 9.62. The fraction of sp³-hybridized carbons (Fsp3) is 0.750. The molecule has 0 aliphatic heterocycles. The minimum Gasteiger partial charge on any atom is -0.283 e. The minimum absolute atomic E-state index is 0.510. The Balaban J connectivity index is 4.57. The maximum Gasteiger partial charge on any atom is 0.475 e. The topological polar surface area (TPSA) is 44.8 Å². The van der Waals surface area contributed by atoms with Gasteiger partial charge in [-0.05, 0) is 6.92 Å². The maximum atomic E-state index is 11.9. The normalized spacial score (nSPS) is 14.3. The molecule has 0 saturated carbocycles. The number of alkyl halides is 6. The van der Waals surface area contributed by atoms with Crippen LogP contribution in [-0.4, -0.2) is 32.2 Å². The first-order valence-electron chi connectivity index (χ1n) is 4.76. The molecule has 0 amide bonds. The van der Waals surface area contributed by atoms with E-state index in [2.05, 4.69) is 13.6 Å². The van der Waals surface area contributed by atoms with Gasteiger partial charge in [0.2, 0.25) is 0 Å². The Morgan fingerprint density at radius 2 is 1.37 bits per heavy atom. The fourth-order valence-corrected chi connectivity index (χ4v) is 1.75. The molecule has 0 aliphatic rings. The predicted molar refractivity (Wildman–Crippen MR) is 52.4 cm³/mol. The number of hydrogen-bond donors (Lipinski definition) is 0. The zero-order valence-corrected chi connectivity index (χ0v) is 10.5. The lowest BCUT2D eigenvalue weighted by molar-refractivity contribution is -0.170. The van der Waals surface area contributed by atoms with Crippen LogP contribution in [0.2, 0.25) is 0 Å². The Morgan fingerprint density at radius 1 is 0.947 bits per heavy atom. The molecule has 0 unspecified atom stereocenters. The summed E-state index contributed by atoms with van der Waals surface area (Å²) < 4.78 is 94.5. The van der Waals surface area contributed by atoms with Crippen LogP contribution in [-0.2, 0) is 18.1 Å². The number of hydrogen-bond acceptors (Lipinski definition) is 4. The van der Waals surface area contributed by atoms with E-state index in [9.17, 15) is 30.9 Å². The van der Waals surface area contributed by atoms with Gasteiger partial charge < -0.3 is 0 Å². The molecule has 11 heteroatoms. The summed E-state index contributed by atoms with van der Waals surface area (Å²) in [4.78, 5) is 0. The molecule has 0 atom stereocenters. The van der Waals surface area contributed by atoms with E-state index in [0.717, 1.165) is 0 Å². The second-order valence-electron chi connectivity index (χ2n) is 3.09. The molecule has 0 saturated heterocycles. The highest BCUT2D eigenvalue weighted by Crippen LogP contribution is 2.51. The molecule has 4 nitrogen and oxygen atoms in total. The van der Waals surface area contributed by atoms with E-state index >= 15 is 0 Å². The smallest absolute Gasteiger partial charge is 0.283 e. The Kier molecular flexibility index (Phi) is 7.06. The monoisotopic (exact) mass is 316 g/mol. The molecular formula is C8H11F6O4P. The summed E-state index contributed by atoms with van der Waals surface area (Å²) in [7, 11) is -4.93. The van der Waals surface area contributed by atoms with Gasteiger partial charge in [0.1, 0.15) is 0 Å². The van der Waals surface area contributed by atoms with Gasteiger partial charge in [-0.15, -0.1) is 0 Å². The van der Waals surface area contributed by atoms with Gasteiger partial charge >= 0.3 is 20.2 Å². The lowest BCUT2D eigenvalue weighted by Crippen LogP contribution is -2.20. The van der Waals surface area contributed by atoms with Gasteiger partial charge in [-0.3, -0.25) is 13.6 Å². The number of allylic oxidation sites excluding steroid dienone is 1. The van der Waals surface area contributed by atoms with E-state index in [-0.39, 0.29) is 0 Å².